The lowest BCUT2D eigenvalue weighted by atomic mass is 10.2. The maximum Gasteiger partial charge on any atom is 0.0300 e. The molecule has 0 fully saturated rings. The first-order chi connectivity index (χ1) is 5.70. The monoisotopic (exact) mass is 163 g/mol. The molecule has 1 nitrogen and oxygen atoms in total. The predicted molar refractivity (Wildman–Crippen MR) is 55.2 cm³/mol. The van der Waals surface area contributed by atoms with Crippen LogP contribution in [-0.4, -0.2) is 25.5 Å². The average Bonchev–Trinajstić information content (AvgIpc) is 2.02. The highest BCUT2D eigenvalue weighted by Gasteiger charge is 1.90. The molecule has 12 heavy (non-hydrogen) atoms. The molecule has 0 aromatic heterocycles. The van der Waals surface area contributed by atoms with Crippen LogP contribution in [0.25, 0.3) is 0 Å². The number of rotatable bonds is 4. The zero-order valence-electron chi connectivity index (χ0n) is 8.17. The summed E-state index contributed by atoms with van der Waals surface area (Å²) in [6, 6.07) is 0. The summed E-state index contributed by atoms with van der Waals surface area (Å²) in [6.07, 6.45) is 7.67. The van der Waals surface area contributed by atoms with Crippen molar-refractivity contribution in [3.05, 3.63) is 42.2 Å². The second kappa shape index (κ2) is 6.66. The number of allylic oxidation sites excluding steroid dienone is 2. The van der Waals surface area contributed by atoms with Crippen LogP contribution in [0.15, 0.2) is 42.2 Å². The summed E-state index contributed by atoms with van der Waals surface area (Å²) in [7, 11) is 4.06. The summed E-state index contributed by atoms with van der Waals surface area (Å²) >= 11 is 0. The smallest absolute Gasteiger partial charge is 0.0300 e. The van der Waals surface area contributed by atoms with Gasteiger partial charge in [-0.2, -0.15) is 0 Å². The fourth-order valence-corrected chi connectivity index (χ4v) is 0.761. The lowest BCUT2D eigenvalue weighted by Crippen LogP contribution is -2.13. The van der Waals surface area contributed by atoms with Gasteiger partial charge in [0.25, 0.3) is 0 Å². The Labute approximate surface area is 75.4 Å². The minimum atomic E-state index is 0.886. The summed E-state index contributed by atoms with van der Waals surface area (Å²) in [5, 5.41) is 0. The van der Waals surface area contributed by atoms with E-state index in [9.17, 15) is 0 Å². The first kappa shape index (κ1) is 11.0. The third-order valence-electron chi connectivity index (χ3n) is 1.29. The zero-order valence-corrected chi connectivity index (χ0v) is 8.17. The van der Waals surface area contributed by atoms with Crippen LogP contribution in [0.5, 0.6) is 0 Å². The van der Waals surface area contributed by atoms with Crippen LogP contribution in [0.3, 0.4) is 0 Å². The van der Waals surface area contributed by atoms with E-state index in [0.29, 0.717) is 0 Å². The molecular weight excluding hydrogens is 146 g/mol. The molecule has 66 valence electrons. The van der Waals surface area contributed by atoms with Crippen LogP contribution < -0.4 is 0 Å². The number of hydrogen-bond acceptors (Lipinski definition) is 1. The van der Waals surface area contributed by atoms with E-state index in [1.807, 2.05) is 45.3 Å². The van der Waals surface area contributed by atoms with Crippen molar-refractivity contribution in [3.63, 3.8) is 0 Å². The van der Waals surface area contributed by atoms with Gasteiger partial charge in [-0.25, -0.2) is 0 Å². The molecular formula is C11H17N. The van der Waals surface area contributed by atoms with Crippen molar-refractivity contribution in [2.45, 2.75) is 6.92 Å². The second-order valence-corrected chi connectivity index (χ2v) is 2.80. The fraction of sp³-hybridized carbons (Fsp3) is 0.364. The van der Waals surface area contributed by atoms with Crippen molar-refractivity contribution < 1.29 is 0 Å². The van der Waals surface area contributed by atoms with Gasteiger partial charge in [0.15, 0.2) is 0 Å². The van der Waals surface area contributed by atoms with Gasteiger partial charge in [0.05, 0.1) is 0 Å². The van der Waals surface area contributed by atoms with Crippen LogP contribution in [0.2, 0.25) is 0 Å². The fourth-order valence-electron chi connectivity index (χ4n) is 0.761. The maximum absolute atomic E-state index is 3.72. The standard InChI is InChI=1S/C11H17N/c1-5-7-8-9-11(6-2)10-12(3)4/h5-8H,2,10H2,1,3-4H3/b7-5-. The van der Waals surface area contributed by atoms with E-state index in [-0.39, 0.29) is 0 Å². The van der Waals surface area contributed by atoms with Crippen molar-refractivity contribution >= 4 is 0 Å². The number of likely N-dealkylation sites (N-methyl/N-ethyl adjacent to an activating group) is 1. The molecule has 0 aromatic carbocycles. The first-order valence-corrected chi connectivity index (χ1v) is 4.04. The predicted octanol–water partition coefficient (Wildman–Crippen LogP) is 2.39. The van der Waals surface area contributed by atoms with Gasteiger partial charge in [0.1, 0.15) is 0 Å². The second-order valence-electron chi connectivity index (χ2n) is 2.80. The minimum absolute atomic E-state index is 0.886. The Morgan fingerprint density at radius 1 is 1.50 bits per heavy atom. The molecule has 1 heteroatoms. The lowest BCUT2D eigenvalue weighted by molar-refractivity contribution is 0.449. The van der Waals surface area contributed by atoms with E-state index in [2.05, 4.69) is 17.2 Å². The van der Waals surface area contributed by atoms with Gasteiger partial charge >= 0.3 is 0 Å². The quantitative estimate of drug-likeness (QED) is 0.454. The van der Waals surface area contributed by atoms with E-state index in [4.69, 9.17) is 0 Å². The third kappa shape index (κ3) is 5.72. The minimum Gasteiger partial charge on any atom is -0.305 e. The Bertz CT molecular complexity index is 215. The summed E-state index contributed by atoms with van der Waals surface area (Å²) in [5.74, 6) is 0. The highest BCUT2D eigenvalue weighted by Crippen LogP contribution is 1.94. The molecule has 0 atom stereocenters. The molecule has 0 unspecified atom stereocenters. The Kier molecular flexibility index (Phi) is 6.08. The molecule has 0 aromatic rings. The van der Waals surface area contributed by atoms with Gasteiger partial charge in [-0.15, -0.1) is 5.73 Å². The van der Waals surface area contributed by atoms with E-state index in [0.717, 1.165) is 12.1 Å². The van der Waals surface area contributed by atoms with E-state index < -0.39 is 0 Å². The average molecular weight is 163 g/mol. The molecule has 0 heterocycles. The Hall–Kier alpha value is -1.04. The van der Waals surface area contributed by atoms with E-state index in [1.54, 1.807) is 0 Å². The molecule has 0 radical (unpaired) electrons. The highest BCUT2D eigenvalue weighted by atomic mass is 15.0. The lowest BCUT2D eigenvalue weighted by Gasteiger charge is -2.07. The number of nitrogens with zero attached hydrogens (tertiary/aromatic N) is 1. The van der Waals surface area contributed by atoms with E-state index >= 15 is 0 Å². The van der Waals surface area contributed by atoms with Crippen molar-refractivity contribution in [2.24, 2.45) is 0 Å². The number of hydrogen-bond donors (Lipinski definition) is 0. The Morgan fingerprint density at radius 2 is 2.17 bits per heavy atom. The molecule has 0 aliphatic carbocycles. The zero-order chi connectivity index (χ0) is 9.40. The van der Waals surface area contributed by atoms with Crippen LogP contribution in [0, 0.1) is 0 Å². The van der Waals surface area contributed by atoms with Crippen molar-refractivity contribution in [1.82, 2.24) is 4.90 Å². The van der Waals surface area contributed by atoms with Gasteiger partial charge < -0.3 is 4.90 Å². The Balaban J connectivity index is 4.32. The van der Waals surface area contributed by atoms with Crippen LogP contribution in [0.1, 0.15) is 6.92 Å². The highest BCUT2D eigenvalue weighted by molar-refractivity contribution is 5.19. The summed E-state index contributed by atoms with van der Waals surface area (Å²) in [5.41, 5.74) is 4.26. The van der Waals surface area contributed by atoms with Crippen molar-refractivity contribution in [1.29, 1.82) is 0 Å². The normalized spacial score (nSPS) is 10.0. The maximum atomic E-state index is 3.72. The molecule has 0 amide bonds. The molecule has 0 aliphatic rings. The van der Waals surface area contributed by atoms with Gasteiger partial charge in [-0.1, -0.05) is 24.8 Å². The van der Waals surface area contributed by atoms with Crippen molar-refractivity contribution in [3.8, 4) is 0 Å². The molecule has 0 bridgehead atoms. The van der Waals surface area contributed by atoms with E-state index in [1.165, 1.54) is 0 Å². The molecule has 0 N–H and O–H groups in total. The molecule has 0 aliphatic heterocycles. The molecule has 0 spiro atoms. The third-order valence-corrected chi connectivity index (χ3v) is 1.29. The summed E-state index contributed by atoms with van der Waals surface area (Å²) < 4.78 is 0. The van der Waals surface area contributed by atoms with Crippen LogP contribution >= 0.6 is 0 Å². The molecule has 0 saturated heterocycles. The SMILES string of the molecule is C=CC(=C=C/C=C\C)CN(C)C. The topological polar surface area (TPSA) is 3.24 Å². The van der Waals surface area contributed by atoms with Gasteiger partial charge in [0, 0.05) is 12.1 Å². The molecule has 0 saturated carbocycles. The molecule has 0 rings (SSSR count). The van der Waals surface area contributed by atoms with Gasteiger partial charge in [-0.3, -0.25) is 0 Å². The summed E-state index contributed by atoms with van der Waals surface area (Å²) in [6.45, 7) is 6.59. The Morgan fingerprint density at radius 3 is 2.58 bits per heavy atom. The van der Waals surface area contributed by atoms with Gasteiger partial charge in [-0.05, 0) is 27.1 Å². The largest absolute Gasteiger partial charge is 0.305 e. The van der Waals surface area contributed by atoms with Gasteiger partial charge in [0.2, 0.25) is 0 Å². The van der Waals surface area contributed by atoms with Crippen LogP contribution in [-0.2, 0) is 0 Å². The van der Waals surface area contributed by atoms with Crippen LogP contribution in [0.4, 0.5) is 0 Å². The first-order valence-electron chi connectivity index (χ1n) is 4.04. The summed E-state index contributed by atoms with van der Waals surface area (Å²) in [4.78, 5) is 2.09. The van der Waals surface area contributed by atoms with Crippen molar-refractivity contribution in [2.75, 3.05) is 20.6 Å².